The number of hydrogen-bond donors (Lipinski definition) is 0. The molecule has 2 aromatic heterocycles. The second kappa shape index (κ2) is 5.89. The minimum Gasteiger partial charge on any atom is -0.337 e. The maximum absolute atomic E-state index is 12.8. The molecule has 118 valence electrons. The van der Waals surface area contributed by atoms with Gasteiger partial charge < -0.3 is 9.47 Å². The van der Waals surface area contributed by atoms with Crippen LogP contribution < -0.4 is 0 Å². The molecule has 1 aliphatic heterocycles. The average molecular weight is 338 g/mol. The van der Waals surface area contributed by atoms with Crippen molar-refractivity contribution in [1.82, 2.24) is 9.47 Å². The van der Waals surface area contributed by atoms with Crippen molar-refractivity contribution in [3.05, 3.63) is 40.8 Å². The van der Waals surface area contributed by atoms with Crippen LogP contribution in [0.25, 0.3) is 5.69 Å². The van der Waals surface area contributed by atoms with Gasteiger partial charge in [-0.25, -0.2) is 8.42 Å². The monoisotopic (exact) mass is 338 g/mol. The van der Waals surface area contributed by atoms with E-state index in [1.807, 2.05) is 40.5 Å². The number of sulfone groups is 1. The highest BCUT2D eigenvalue weighted by Gasteiger charge is 2.30. The van der Waals surface area contributed by atoms with Crippen LogP contribution in [0.15, 0.2) is 36.0 Å². The van der Waals surface area contributed by atoms with Crippen molar-refractivity contribution < 1.29 is 13.2 Å². The summed E-state index contributed by atoms with van der Waals surface area (Å²) in [5, 5.41) is 1.51. The third-order valence-electron chi connectivity index (χ3n) is 4.07. The maximum Gasteiger partial charge on any atom is 0.266 e. The van der Waals surface area contributed by atoms with Crippen LogP contribution in [0, 0.1) is 0 Å². The Balaban J connectivity index is 1.85. The van der Waals surface area contributed by atoms with Gasteiger partial charge in [-0.1, -0.05) is 0 Å². The van der Waals surface area contributed by atoms with E-state index in [4.69, 9.17) is 0 Å². The van der Waals surface area contributed by atoms with E-state index in [2.05, 4.69) is 0 Å². The number of rotatable bonds is 2. The van der Waals surface area contributed by atoms with Crippen molar-refractivity contribution in [2.75, 3.05) is 18.8 Å². The standard InChI is InChI=1S/C15H18N2O3S2/c1-12-4-8-17(9-11-22(12,19)20)15(18)14-13(5-10-21-14)16-6-2-3-7-16/h2-3,5-7,10,12H,4,8-9,11H2,1H3. The third kappa shape index (κ3) is 2.83. The van der Waals surface area contributed by atoms with Crippen LogP contribution in [-0.4, -0.2) is 47.9 Å². The lowest BCUT2D eigenvalue weighted by Gasteiger charge is -2.20. The predicted molar refractivity (Wildman–Crippen MR) is 87.4 cm³/mol. The Labute approximate surface area is 134 Å². The van der Waals surface area contributed by atoms with Gasteiger partial charge in [-0.15, -0.1) is 11.3 Å². The molecule has 5 nitrogen and oxygen atoms in total. The first-order valence-electron chi connectivity index (χ1n) is 7.21. The first-order chi connectivity index (χ1) is 10.5. The fraction of sp³-hybridized carbons (Fsp3) is 0.400. The summed E-state index contributed by atoms with van der Waals surface area (Å²) in [6.07, 6.45) is 4.29. The molecule has 0 saturated carbocycles. The molecule has 1 amide bonds. The minimum atomic E-state index is -3.08. The van der Waals surface area contributed by atoms with Gasteiger partial charge in [-0.05, 0) is 36.9 Å². The number of amides is 1. The summed E-state index contributed by atoms with van der Waals surface area (Å²) >= 11 is 1.40. The molecule has 0 aliphatic carbocycles. The Morgan fingerprint density at radius 1 is 1.27 bits per heavy atom. The first-order valence-corrected chi connectivity index (χ1v) is 9.80. The van der Waals surface area contributed by atoms with E-state index in [9.17, 15) is 13.2 Å². The average Bonchev–Trinajstić information content (AvgIpc) is 3.14. The van der Waals surface area contributed by atoms with Crippen molar-refractivity contribution in [2.45, 2.75) is 18.6 Å². The Hall–Kier alpha value is -1.60. The van der Waals surface area contributed by atoms with Crippen LogP contribution in [-0.2, 0) is 9.84 Å². The number of hydrogen-bond acceptors (Lipinski definition) is 4. The summed E-state index contributed by atoms with van der Waals surface area (Å²) in [6.45, 7) is 2.48. The van der Waals surface area contributed by atoms with E-state index < -0.39 is 9.84 Å². The molecule has 2 aromatic rings. The van der Waals surface area contributed by atoms with Gasteiger partial charge in [0.2, 0.25) is 0 Å². The number of carbonyl (C=O) groups excluding carboxylic acids is 1. The summed E-state index contributed by atoms with van der Waals surface area (Å²) in [5.41, 5.74) is 0.847. The van der Waals surface area contributed by atoms with Crippen LogP contribution in [0.3, 0.4) is 0 Å². The molecule has 0 N–H and O–H groups in total. The van der Waals surface area contributed by atoms with Gasteiger partial charge in [-0.2, -0.15) is 0 Å². The Bertz CT molecular complexity index is 763. The summed E-state index contributed by atoms with van der Waals surface area (Å²) in [6, 6.07) is 5.73. The highest BCUT2D eigenvalue weighted by atomic mass is 32.2. The van der Waals surface area contributed by atoms with E-state index in [-0.39, 0.29) is 23.5 Å². The van der Waals surface area contributed by atoms with Crippen LogP contribution in [0.1, 0.15) is 23.0 Å². The van der Waals surface area contributed by atoms with Crippen LogP contribution in [0.5, 0.6) is 0 Å². The van der Waals surface area contributed by atoms with Crippen molar-refractivity contribution in [3.63, 3.8) is 0 Å². The molecular formula is C15H18N2O3S2. The van der Waals surface area contributed by atoms with Crippen LogP contribution >= 0.6 is 11.3 Å². The van der Waals surface area contributed by atoms with Gasteiger partial charge >= 0.3 is 0 Å². The Kier molecular flexibility index (Phi) is 4.10. The summed E-state index contributed by atoms with van der Waals surface area (Å²) in [4.78, 5) is 15.1. The van der Waals surface area contributed by atoms with E-state index in [0.29, 0.717) is 17.8 Å². The molecule has 1 atom stereocenters. The molecule has 7 heteroatoms. The minimum absolute atomic E-state index is 0.0458. The zero-order valence-corrected chi connectivity index (χ0v) is 13.9. The highest BCUT2D eigenvalue weighted by molar-refractivity contribution is 7.92. The lowest BCUT2D eigenvalue weighted by Crippen LogP contribution is -2.33. The lowest BCUT2D eigenvalue weighted by molar-refractivity contribution is 0.0772. The SMILES string of the molecule is CC1CCN(C(=O)c2sccc2-n2cccc2)CCS1(=O)=O. The number of thiophene rings is 1. The zero-order valence-electron chi connectivity index (χ0n) is 12.3. The number of aromatic nitrogens is 1. The van der Waals surface area contributed by atoms with Gasteiger partial charge in [-0.3, -0.25) is 4.79 Å². The Morgan fingerprint density at radius 3 is 2.73 bits per heavy atom. The second-order valence-corrected chi connectivity index (χ2v) is 8.94. The molecule has 0 radical (unpaired) electrons. The Morgan fingerprint density at radius 2 is 2.00 bits per heavy atom. The molecule has 1 aliphatic rings. The molecule has 3 heterocycles. The summed E-state index contributed by atoms with van der Waals surface area (Å²) in [5.74, 6) is -0.0348. The second-order valence-electron chi connectivity index (χ2n) is 5.48. The molecule has 22 heavy (non-hydrogen) atoms. The van der Waals surface area contributed by atoms with Gasteiger partial charge in [0, 0.05) is 25.5 Å². The topological polar surface area (TPSA) is 59.4 Å². The van der Waals surface area contributed by atoms with Crippen molar-refractivity contribution >= 4 is 27.1 Å². The maximum atomic E-state index is 12.8. The molecule has 0 aromatic carbocycles. The summed E-state index contributed by atoms with van der Waals surface area (Å²) < 4.78 is 25.8. The van der Waals surface area contributed by atoms with Gasteiger partial charge in [0.25, 0.3) is 5.91 Å². The van der Waals surface area contributed by atoms with E-state index in [1.54, 1.807) is 11.8 Å². The van der Waals surface area contributed by atoms with E-state index in [1.165, 1.54) is 11.3 Å². The lowest BCUT2D eigenvalue weighted by atomic mass is 10.2. The molecule has 1 unspecified atom stereocenters. The number of carbonyl (C=O) groups is 1. The first kappa shape index (κ1) is 15.3. The van der Waals surface area contributed by atoms with Crippen molar-refractivity contribution in [3.8, 4) is 5.69 Å². The van der Waals surface area contributed by atoms with Crippen molar-refractivity contribution in [2.24, 2.45) is 0 Å². The van der Waals surface area contributed by atoms with Gasteiger partial charge in [0.1, 0.15) is 4.88 Å². The third-order valence-corrected chi connectivity index (χ3v) is 7.18. The fourth-order valence-corrected chi connectivity index (χ4v) is 4.77. The quantitative estimate of drug-likeness (QED) is 0.843. The number of nitrogens with zero attached hydrogens (tertiary/aromatic N) is 2. The van der Waals surface area contributed by atoms with E-state index in [0.717, 1.165) is 5.69 Å². The normalized spacial score (nSPS) is 21.5. The molecule has 3 rings (SSSR count). The zero-order chi connectivity index (χ0) is 15.7. The predicted octanol–water partition coefficient (Wildman–Crippen LogP) is 2.19. The van der Waals surface area contributed by atoms with Gasteiger partial charge in [0.05, 0.1) is 16.7 Å². The molecule has 0 bridgehead atoms. The van der Waals surface area contributed by atoms with Crippen LogP contribution in [0.4, 0.5) is 0 Å². The van der Waals surface area contributed by atoms with Crippen molar-refractivity contribution in [1.29, 1.82) is 0 Å². The smallest absolute Gasteiger partial charge is 0.266 e. The fourth-order valence-electron chi connectivity index (χ4n) is 2.58. The largest absolute Gasteiger partial charge is 0.337 e. The summed E-state index contributed by atoms with van der Waals surface area (Å²) in [7, 11) is -3.08. The molecule has 0 spiro atoms. The molecule has 1 fully saturated rings. The molecular weight excluding hydrogens is 320 g/mol. The van der Waals surface area contributed by atoms with Crippen LogP contribution in [0.2, 0.25) is 0 Å². The van der Waals surface area contributed by atoms with E-state index >= 15 is 0 Å². The highest BCUT2D eigenvalue weighted by Crippen LogP contribution is 2.24. The van der Waals surface area contributed by atoms with Gasteiger partial charge in [0.15, 0.2) is 9.84 Å². The molecule has 1 saturated heterocycles.